The second-order valence-electron chi connectivity index (χ2n) is 14.6. The Balaban J connectivity index is 0.000000867. The van der Waals surface area contributed by atoms with Crippen LogP contribution in [0.15, 0.2) is 49.1 Å². The normalized spacial score (nSPS) is 13.7. The Hall–Kier alpha value is -6.08. The van der Waals surface area contributed by atoms with Crippen LogP contribution in [0.5, 0.6) is 0 Å². The lowest BCUT2D eigenvalue weighted by Crippen LogP contribution is -2.39. The van der Waals surface area contributed by atoms with E-state index in [0.717, 1.165) is 59.5 Å². The molecule has 4 N–H and O–H groups in total. The fourth-order valence-corrected chi connectivity index (χ4v) is 7.22. The van der Waals surface area contributed by atoms with Gasteiger partial charge in [-0.05, 0) is 93.6 Å². The number of hydrogen-bond donors (Lipinski definition) is 3. The highest BCUT2D eigenvalue weighted by Gasteiger charge is 2.29. The monoisotopic (exact) mass is 823 g/mol. The number of nitrogens with one attached hydrogen (secondary N) is 2. The SMILES string of the molecule is CNCC(=O)OCc1cccnc1N(C)C(=O)OC[n+]1cnn2cc(-c3[nH]c4ccc(C5CCN(CC(N)=O)CC5)cc4c3C(C)C)c(C)c(C)c21.O=C([O-])C(F)(F)F. The molecular weight excluding hydrogens is 775 g/mol. The predicted octanol–water partition coefficient (Wildman–Crippen LogP) is 3.36. The number of fused-ring (bicyclic) bond motifs is 2. The van der Waals surface area contributed by atoms with Crippen molar-refractivity contribution in [3.63, 3.8) is 0 Å². The van der Waals surface area contributed by atoms with E-state index in [1.54, 1.807) is 43.3 Å². The zero-order chi connectivity index (χ0) is 43.2. The number of halogens is 3. The molecule has 1 aromatic carbocycles. The average Bonchev–Trinajstić information content (AvgIpc) is 3.78. The molecule has 59 heavy (non-hydrogen) atoms. The molecule has 1 saturated heterocycles. The summed E-state index contributed by atoms with van der Waals surface area (Å²) in [6.07, 6.45) is 1.43. The number of likely N-dealkylation sites (tertiary alicyclic amines) is 1. The van der Waals surface area contributed by atoms with Gasteiger partial charge < -0.3 is 35.4 Å². The number of nitrogens with two attached hydrogens (primary N) is 1. The molecule has 1 aliphatic rings. The van der Waals surface area contributed by atoms with Gasteiger partial charge in [0.25, 0.3) is 12.0 Å². The predicted molar refractivity (Wildman–Crippen MR) is 208 cm³/mol. The minimum absolute atomic E-state index is 0.0278. The third-order valence-corrected chi connectivity index (χ3v) is 10.2. The minimum Gasteiger partial charge on any atom is -0.542 e. The molecular formula is C40H48F3N9O7. The summed E-state index contributed by atoms with van der Waals surface area (Å²) in [5.74, 6) is -2.67. The van der Waals surface area contributed by atoms with Crippen molar-refractivity contribution in [2.45, 2.75) is 71.9 Å². The molecule has 19 heteroatoms. The van der Waals surface area contributed by atoms with E-state index in [4.69, 9.17) is 25.1 Å². The third-order valence-electron chi connectivity index (χ3n) is 10.2. The number of ether oxygens (including phenoxy) is 2. The number of benzene rings is 1. The van der Waals surface area contributed by atoms with Gasteiger partial charge in [-0.2, -0.15) is 17.7 Å². The van der Waals surface area contributed by atoms with E-state index in [1.807, 2.05) is 10.7 Å². The summed E-state index contributed by atoms with van der Waals surface area (Å²) >= 11 is 0. The van der Waals surface area contributed by atoms with Gasteiger partial charge in [0.1, 0.15) is 24.6 Å². The Morgan fingerprint density at radius 2 is 1.81 bits per heavy atom. The Morgan fingerprint density at radius 1 is 1.12 bits per heavy atom. The van der Waals surface area contributed by atoms with Crippen molar-refractivity contribution >= 4 is 46.3 Å². The number of primary amides is 1. The fourth-order valence-electron chi connectivity index (χ4n) is 7.22. The van der Waals surface area contributed by atoms with Crippen LogP contribution in [0.4, 0.5) is 23.8 Å². The van der Waals surface area contributed by atoms with Gasteiger partial charge in [-0.1, -0.05) is 30.5 Å². The summed E-state index contributed by atoms with van der Waals surface area (Å²) in [7, 11) is 3.23. The van der Waals surface area contributed by atoms with Crippen LogP contribution >= 0.6 is 0 Å². The van der Waals surface area contributed by atoms with Crippen molar-refractivity contribution in [2.24, 2.45) is 5.73 Å². The van der Waals surface area contributed by atoms with Crippen LogP contribution in [0.2, 0.25) is 0 Å². The zero-order valence-corrected chi connectivity index (χ0v) is 33.7. The minimum atomic E-state index is -5.19. The molecule has 5 heterocycles. The lowest BCUT2D eigenvalue weighted by molar-refractivity contribution is -0.704. The van der Waals surface area contributed by atoms with Gasteiger partial charge in [0.05, 0.1) is 18.8 Å². The molecule has 0 bridgehead atoms. The van der Waals surface area contributed by atoms with Crippen LogP contribution in [0.3, 0.4) is 0 Å². The summed E-state index contributed by atoms with van der Waals surface area (Å²) in [6.45, 7) is 10.6. The van der Waals surface area contributed by atoms with Crippen molar-refractivity contribution in [1.82, 2.24) is 29.8 Å². The van der Waals surface area contributed by atoms with Crippen molar-refractivity contribution in [1.29, 1.82) is 0 Å². The molecule has 5 aromatic rings. The maximum atomic E-state index is 13.2. The summed E-state index contributed by atoms with van der Waals surface area (Å²) in [4.78, 5) is 56.8. The number of carbonyl (C=O) groups excluding carboxylic acids is 4. The van der Waals surface area contributed by atoms with Crippen molar-refractivity contribution < 1.29 is 51.5 Å². The Kier molecular flexibility index (Phi) is 13.9. The molecule has 1 fully saturated rings. The topological polar surface area (TPSA) is 204 Å². The van der Waals surface area contributed by atoms with Gasteiger partial charge in [-0.15, -0.1) is 0 Å². The van der Waals surface area contributed by atoms with E-state index in [9.17, 15) is 27.6 Å². The van der Waals surface area contributed by atoms with Crippen molar-refractivity contribution in [3.8, 4) is 11.3 Å². The molecule has 316 valence electrons. The molecule has 4 aromatic heterocycles. The first kappa shape index (κ1) is 44.0. The number of aromatic amines is 1. The number of carbonyl (C=O) groups is 4. The molecule has 0 spiro atoms. The highest BCUT2D eigenvalue weighted by atomic mass is 19.4. The number of H-pyrrole nitrogens is 1. The number of carboxylic acid groups (broad SMARTS) is 1. The molecule has 0 aliphatic carbocycles. The van der Waals surface area contributed by atoms with Crippen LogP contribution in [0.1, 0.15) is 66.3 Å². The summed E-state index contributed by atoms with van der Waals surface area (Å²) in [5, 5.41) is 17.4. The van der Waals surface area contributed by atoms with Gasteiger partial charge in [0, 0.05) is 45.9 Å². The average molecular weight is 824 g/mol. The van der Waals surface area contributed by atoms with Gasteiger partial charge >= 0.3 is 18.2 Å². The first-order valence-corrected chi connectivity index (χ1v) is 18.9. The largest absolute Gasteiger partial charge is 0.542 e. The number of anilines is 1. The maximum absolute atomic E-state index is 13.2. The fraction of sp³-hybridized carbons (Fsp3) is 0.425. The van der Waals surface area contributed by atoms with Gasteiger partial charge in [0.2, 0.25) is 12.6 Å². The van der Waals surface area contributed by atoms with Crippen molar-refractivity contribution in [2.75, 3.05) is 45.2 Å². The number of pyridine rings is 2. The molecule has 16 nitrogen and oxygen atoms in total. The third kappa shape index (κ3) is 10.3. The Morgan fingerprint density at radius 3 is 2.44 bits per heavy atom. The van der Waals surface area contributed by atoms with Crippen LogP contribution in [0, 0.1) is 13.8 Å². The molecule has 0 unspecified atom stereocenters. The summed E-state index contributed by atoms with van der Waals surface area (Å²) in [6, 6.07) is 10.2. The summed E-state index contributed by atoms with van der Waals surface area (Å²) in [5.41, 5.74) is 14.7. The quantitative estimate of drug-likeness (QED) is 0.123. The number of rotatable bonds is 12. The van der Waals surface area contributed by atoms with E-state index < -0.39 is 24.2 Å². The number of alkyl halides is 3. The molecule has 0 saturated carbocycles. The molecule has 0 atom stereocenters. The first-order valence-electron chi connectivity index (χ1n) is 18.9. The number of piperidine rings is 1. The molecule has 6 rings (SSSR count). The number of esters is 1. The van der Waals surface area contributed by atoms with Crippen LogP contribution in [-0.2, 0) is 37.2 Å². The smallest absolute Gasteiger partial charge is 0.430 e. The lowest BCUT2D eigenvalue weighted by atomic mass is 9.87. The second kappa shape index (κ2) is 18.7. The van der Waals surface area contributed by atoms with Crippen LogP contribution < -0.4 is 25.6 Å². The van der Waals surface area contributed by atoms with Crippen LogP contribution in [0.25, 0.3) is 27.8 Å². The lowest BCUT2D eigenvalue weighted by Gasteiger charge is -2.31. The number of nitrogens with zero attached hydrogens (tertiary/aromatic N) is 6. The van der Waals surface area contributed by atoms with Gasteiger partial charge in [0.15, 0.2) is 0 Å². The number of aromatic nitrogens is 5. The number of aliphatic carboxylic acids is 1. The maximum Gasteiger partial charge on any atom is 0.430 e. The van der Waals surface area contributed by atoms with Gasteiger partial charge in [-0.25, -0.2) is 9.78 Å². The standard InChI is InChI=1S/C38H47N9O5.C2HF3O2/c1-23(2)34-29-16-27(26-11-14-45(15-12-26)19-32(39)48)9-10-31(29)43-35(34)30-18-47-37(25(4)24(30)3)46(21-42-47)22-52-38(50)44(6)36-28(8-7-13-41-36)20-51-33(49)17-40-5;3-2(4,5)1(6)7/h7-10,13,16,18,21,23,26,40,43H,11-12,14-15,17,19-20,22H2,1-6H3,(H-,39,48);(H,6,7). The Bertz CT molecular complexity index is 2330. The highest BCUT2D eigenvalue weighted by molar-refractivity contribution is 5.93. The first-order chi connectivity index (χ1) is 27.9. The number of amides is 2. The number of likely N-dealkylation sites (N-methyl/N-ethyl adjacent to an activating group) is 1. The molecule has 0 radical (unpaired) electrons. The second-order valence-corrected chi connectivity index (χ2v) is 14.6. The zero-order valence-electron chi connectivity index (χ0n) is 33.7. The number of aryl methyl sites for hydroxylation is 1. The molecule has 2 amide bonds. The van der Waals surface area contributed by atoms with E-state index in [2.05, 4.69) is 71.2 Å². The number of hydrogen-bond acceptors (Lipinski definition) is 11. The number of carboxylic acids is 1. The van der Waals surface area contributed by atoms with Crippen molar-refractivity contribution in [3.05, 3.63) is 76.9 Å². The molecule has 1 aliphatic heterocycles. The van der Waals surface area contributed by atoms with E-state index >= 15 is 0 Å². The Labute approximate surface area is 338 Å². The van der Waals surface area contributed by atoms with E-state index in [-0.39, 0.29) is 31.7 Å². The van der Waals surface area contributed by atoms with E-state index in [1.165, 1.54) is 21.4 Å². The highest BCUT2D eigenvalue weighted by Crippen LogP contribution is 2.40. The van der Waals surface area contributed by atoms with Crippen LogP contribution in [-0.4, -0.2) is 94.9 Å². The van der Waals surface area contributed by atoms with Gasteiger partial charge in [-0.3, -0.25) is 19.4 Å². The van der Waals surface area contributed by atoms with E-state index in [0.29, 0.717) is 23.8 Å². The summed E-state index contributed by atoms with van der Waals surface area (Å²) < 4.78 is 46.2.